The number of nitrogens with two attached hydrogens (primary N) is 1. The molecule has 430 valence electrons. The van der Waals surface area contributed by atoms with E-state index in [0.29, 0.717) is 11.9 Å². The number of esters is 1. The Morgan fingerprint density at radius 2 is 1.36 bits per heavy atom. The third-order valence-electron chi connectivity index (χ3n) is 15.5. The van der Waals surface area contributed by atoms with E-state index in [1.54, 1.807) is 59.9 Å². The van der Waals surface area contributed by atoms with Crippen molar-refractivity contribution in [2.45, 2.75) is 230 Å². The minimum atomic E-state index is -2.38. The molecule has 15 N–H and O–H groups in total. The summed E-state index contributed by atoms with van der Waals surface area (Å²) in [5.41, 5.74) is 5.68. The number of aliphatic imine (C=N–C) groups is 1. The molecule has 1 saturated heterocycles. The molecule has 22 unspecified atom stereocenters. The number of cyclic esters (lactones) is 1. The highest BCUT2D eigenvalue weighted by molar-refractivity contribution is 5.77. The van der Waals surface area contributed by atoms with E-state index < -0.39 is 127 Å². The van der Waals surface area contributed by atoms with Crippen molar-refractivity contribution in [1.82, 2.24) is 5.32 Å². The third kappa shape index (κ3) is 23.4. The summed E-state index contributed by atoms with van der Waals surface area (Å²) < 4.78 is 12.0. The number of unbranched alkanes of at least 4 members (excludes halogenated alkanes) is 2. The topological polar surface area (TPSA) is 329 Å². The average molecular weight is 1060 g/mol. The highest BCUT2D eigenvalue weighted by Gasteiger charge is 2.49. The van der Waals surface area contributed by atoms with Crippen LogP contribution in [0.4, 0.5) is 0 Å². The lowest BCUT2D eigenvalue weighted by Crippen LogP contribution is -2.59. The van der Waals surface area contributed by atoms with Crippen LogP contribution < -0.4 is 11.1 Å². The second kappa shape index (κ2) is 34.1. The zero-order valence-corrected chi connectivity index (χ0v) is 46.0. The number of carbonyl (C=O) groups is 1. The minimum absolute atomic E-state index is 0.0493. The number of allylic oxidation sites excluding steroid dienone is 4. The van der Waals surface area contributed by atoms with Crippen LogP contribution in [0.1, 0.15) is 145 Å². The maximum absolute atomic E-state index is 13.8. The molecule has 0 aromatic heterocycles. The number of fused-ring (bicyclic) bond motifs is 2. The van der Waals surface area contributed by atoms with Crippen LogP contribution in [0.25, 0.3) is 0 Å². The predicted octanol–water partition coefficient (Wildman–Crippen LogP) is 3.28. The number of carbonyl (C=O) groups excluding carboxylic acids is 1. The molecule has 22 atom stereocenters. The standard InChI is InChI=1S/C56H101N3O15/c1-33(19-14-12-10-11-13-17-26-59-55(57)58-9)27-36(4)52-35(3)20-15-16-22-45(63)37(5)48(66)30-43(62)28-42(61)29-44-31-49(67)53(70)56(72,74-44)32-41(60)21-18-23-46(64)38(6)51(69)40(8)50(68)34(2)24-25-47(65)39(7)54(71)73-52/h10-11,15-16,20,22,24-25,33-53,60-70,72H,12-14,17-19,21,23,26-32H2,1-9H3,(H3,57,58,59)/b11-10+,20-15+,22-16+,25-24+. The summed E-state index contributed by atoms with van der Waals surface area (Å²) in [6.07, 6.45) is 3.57. The maximum Gasteiger partial charge on any atom is 0.311 e. The lowest BCUT2D eigenvalue weighted by Gasteiger charge is -2.44. The van der Waals surface area contributed by atoms with Crippen LogP contribution >= 0.6 is 0 Å². The maximum atomic E-state index is 13.8. The summed E-state index contributed by atoms with van der Waals surface area (Å²) in [6, 6.07) is 0. The van der Waals surface area contributed by atoms with Gasteiger partial charge in [0.05, 0.1) is 73.1 Å². The van der Waals surface area contributed by atoms with E-state index in [0.717, 1.165) is 45.1 Å². The highest BCUT2D eigenvalue weighted by Crippen LogP contribution is 2.35. The molecule has 18 nitrogen and oxygen atoms in total. The Balaban J connectivity index is 2.33. The monoisotopic (exact) mass is 1060 g/mol. The van der Waals surface area contributed by atoms with Gasteiger partial charge in [0.25, 0.3) is 0 Å². The Morgan fingerprint density at radius 1 is 0.730 bits per heavy atom. The van der Waals surface area contributed by atoms with Crippen molar-refractivity contribution in [3.63, 3.8) is 0 Å². The minimum Gasteiger partial charge on any atom is -0.461 e. The Labute approximate surface area is 442 Å². The summed E-state index contributed by atoms with van der Waals surface area (Å²) >= 11 is 0. The molecule has 0 saturated carbocycles. The Kier molecular flexibility index (Phi) is 31.0. The lowest BCUT2D eigenvalue weighted by atomic mass is 9.81. The fourth-order valence-corrected chi connectivity index (χ4v) is 10.2. The van der Waals surface area contributed by atoms with Crippen molar-refractivity contribution < 1.29 is 75.5 Å². The van der Waals surface area contributed by atoms with Crippen LogP contribution in [0.5, 0.6) is 0 Å². The van der Waals surface area contributed by atoms with Crippen molar-refractivity contribution in [3.8, 4) is 0 Å². The fraction of sp³-hybridized carbons (Fsp3) is 0.821. The number of nitrogens with one attached hydrogen (secondary N) is 1. The number of aliphatic hydroxyl groups is 12. The molecule has 2 aliphatic heterocycles. The SMILES string of the molecule is CN=C(N)NCCC/C=C/CCCC(C)CC(C)C1OC(=O)C(C)C(O)/C=C/C(C)C(O)C(C)C(O)C(C)C(O)CCCC(O)CC2(O)OC(CC(O)CC(O)CC(O)C(C)C(O)/C=C/C=C/C1C)CC(O)C2O. The van der Waals surface area contributed by atoms with E-state index in [2.05, 4.69) is 29.4 Å². The van der Waals surface area contributed by atoms with Gasteiger partial charge in [-0.3, -0.25) is 9.79 Å². The lowest BCUT2D eigenvalue weighted by molar-refractivity contribution is -0.332. The van der Waals surface area contributed by atoms with Crippen LogP contribution in [-0.2, 0) is 14.3 Å². The molecule has 0 radical (unpaired) electrons. The highest BCUT2D eigenvalue weighted by atomic mass is 16.7. The Bertz CT molecular complexity index is 1720. The van der Waals surface area contributed by atoms with Gasteiger partial charge in [-0.1, -0.05) is 103 Å². The van der Waals surface area contributed by atoms with E-state index >= 15 is 0 Å². The first-order valence-electron chi connectivity index (χ1n) is 27.5. The molecule has 0 aromatic rings. The summed E-state index contributed by atoms with van der Waals surface area (Å²) in [4.78, 5) is 17.7. The number of ether oxygens (including phenoxy) is 2. The van der Waals surface area contributed by atoms with Crippen molar-refractivity contribution >= 4 is 11.9 Å². The predicted molar refractivity (Wildman–Crippen MR) is 286 cm³/mol. The number of guanidine groups is 1. The number of hydrogen-bond acceptors (Lipinski definition) is 16. The molecule has 2 aliphatic rings. The van der Waals surface area contributed by atoms with Gasteiger partial charge in [0.2, 0.25) is 0 Å². The molecule has 0 spiro atoms. The zero-order chi connectivity index (χ0) is 55.9. The fourth-order valence-electron chi connectivity index (χ4n) is 10.2. The quantitative estimate of drug-likeness (QED) is 0.0464. The molecule has 0 aromatic carbocycles. The van der Waals surface area contributed by atoms with Crippen molar-refractivity contribution in [2.75, 3.05) is 13.6 Å². The van der Waals surface area contributed by atoms with E-state index in [9.17, 15) is 66.1 Å². The van der Waals surface area contributed by atoms with Crippen LogP contribution in [0.3, 0.4) is 0 Å². The average Bonchev–Trinajstić information content (AvgIpc) is 3.34. The first-order valence-corrected chi connectivity index (χ1v) is 27.5. The number of hydrogen-bond donors (Lipinski definition) is 14. The van der Waals surface area contributed by atoms with Gasteiger partial charge in [-0.2, -0.15) is 0 Å². The molecule has 1 fully saturated rings. The summed E-state index contributed by atoms with van der Waals surface area (Å²) in [7, 11) is 1.64. The first-order chi connectivity index (χ1) is 34.7. The molecule has 2 heterocycles. The van der Waals surface area contributed by atoms with E-state index in [1.165, 1.54) is 12.2 Å². The third-order valence-corrected chi connectivity index (χ3v) is 15.5. The van der Waals surface area contributed by atoms with Gasteiger partial charge < -0.3 is 81.8 Å². The van der Waals surface area contributed by atoms with Crippen molar-refractivity contribution in [2.24, 2.45) is 58.1 Å². The van der Waals surface area contributed by atoms with Gasteiger partial charge >= 0.3 is 5.97 Å². The van der Waals surface area contributed by atoms with Gasteiger partial charge in [-0.05, 0) is 89.4 Å². The summed E-state index contributed by atoms with van der Waals surface area (Å²) in [6.45, 7) is 15.1. The van der Waals surface area contributed by atoms with Crippen LogP contribution in [-0.4, -0.2) is 172 Å². The Hall–Kier alpha value is -2.82. The van der Waals surface area contributed by atoms with Gasteiger partial charge in [0.15, 0.2) is 11.7 Å². The van der Waals surface area contributed by atoms with Crippen LogP contribution in [0.15, 0.2) is 53.6 Å². The molecule has 0 aliphatic carbocycles. The Morgan fingerprint density at radius 3 is 2.03 bits per heavy atom. The smallest absolute Gasteiger partial charge is 0.311 e. The van der Waals surface area contributed by atoms with Gasteiger partial charge in [0.1, 0.15) is 12.2 Å². The zero-order valence-electron chi connectivity index (χ0n) is 46.0. The first kappa shape index (κ1) is 67.3. The molecular weight excluding hydrogens is 955 g/mol. The molecule has 2 bridgehead atoms. The van der Waals surface area contributed by atoms with Crippen LogP contribution in [0.2, 0.25) is 0 Å². The molecular formula is C56H101N3O15. The van der Waals surface area contributed by atoms with E-state index in [-0.39, 0.29) is 56.8 Å². The largest absolute Gasteiger partial charge is 0.461 e. The van der Waals surface area contributed by atoms with E-state index in [1.807, 2.05) is 19.9 Å². The number of rotatable bonds is 11. The van der Waals surface area contributed by atoms with Crippen molar-refractivity contribution in [3.05, 3.63) is 48.6 Å². The number of nitrogens with zero attached hydrogens (tertiary/aromatic N) is 1. The van der Waals surface area contributed by atoms with Crippen molar-refractivity contribution in [1.29, 1.82) is 0 Å². The molecule has 2 rings (SSSR count). The normalized spacial score (nSPS) is 41.3. The van der Waals surface area contributed by atoms with Gasteiger partial charge in [-0.25, -0.2) is 0 Å². The number of aliphatic hydroxyl groups excluding tert-OH is 11. The second-order valence-corrected chi connectivity index (χ2v) is 22.3. The van der Waals surface area contributed by atoms with Gasteiger partial charge in [-0.15, -0.1) is 0 Å². The molecule has 0 amide bonds. The van der Waals surface area contributed by atoms with E-state index in [4.69, 9.17) is 15.2 Å². The molecule has 18 heteroatoms. The summed E-state index contributed by atoms with van der Waals surface area (Å²) in [5.74, 6) is -6.35. The summed E-state index contributed by atoms with van der Waals surface area (Å²) in [5, 5.41) is 135. The van der Waals surface area contributed by atoms with Crippen LogP contribution in [0, 0.1) is 47.3 Å². The molecule has 74 heavy (non-hydrogen) atoms. The van der Waals surface area contributed by atoms with Gasteiger partial charge in [0, 0.05) is 56.0 Å². The second-order valence-electron chi connectivity index (χ2n) is 22.3.